The zero-order valence-electron chi connectivity index (χ0n) is 11.6. The van der Waals surface area contributed by atoms with E-state index in [-0.39, 0.29) is 18.7 Å². The van der Waals surface area contributed by atoms with Gasteiger partial charge in [-0.3, -0.25) is 9.69 Å². The van der Waals surface area contributed by atoms with Gasteiger partial charge in [0.25, 0.3) is 0 Å². The fraction of sp³-hybridized carbons (Fsp3) is 0.833. The number of nitrogens with zero attached hydrogens (tertiary/aromatic N) is 1. The van der Waals surface area contributed by atoms with Crippen LogP contribution < -0.4 is 17.2 Å². The summed E-state index contributed by atoms with van der Waals surface area (Å²) in [7, 11) is 0. The average Bonchev–Trinajstić information content (AvgIpc) is 2.38. The maximum atomic E-state index is 12.1. The van der Waals surface area contributed by atoms with Gasteiger partial charge in [0.15, 0.2) is 11.3 Å². The number of Topliss-reactive ketones (excluding diaryl/α,β-unsaturated/α-hetero) is 1. The lowest BCUT2D eigenvalue weighted by atomic mass is 9.91. The Morgan fingerprint density at radius 1 is 1.05 bits per heavy atom. The maximum Gasteiger partial charge on any atom is 0.331 e. The molecule has 1 atom stereocenters. The van der Waals surface area contributed by atoms with Gasteiger partial charge in [-0.2, -0.15) is 0 Å². The molecule has 0 aliphatic heterocycles. The monoisotopic (exact) mass is 274 g/mol. The lowest BCUT2D eigenvalue weighted by Crippen LogP contribution is -2.59. The summed E-state index contributed by atoms with van der Waals surface area (Å²) in [6.07, 6.45) is 1.30. The van der Waals surface area contributed by atoms with E-state index in [9.17, 15) is 14.7 Å². The predicted octanol–water partition coefficient (Wildman–Crippen LogP) is -1.25. The number of carboxylic acid groups (broad SMARTS) is 1. The van der Waals surface area contributed by atoms with Crippen LogP contribution >= 0.6 is 0 Å². The average molecular weight is 274 g/mol. The molecule has 0 saturated carbocycles. The Kier molecular flexibility index (Phi) is 8.49. The van der Waals surface area contributed by atoms with Crippen molar-refractivity contribution < 1.29 is 14.7 Å². The molecule has 0 aromatic heterocycles. The van der Waals surface area contributed by atoms with E-state index >= 15 is 0 Å². The summed E-state index contributed by atoms with van der Waals surface area (Å²) < 4.78 is 0. The Labute approximate surface area is 114 Å². The molecule has 112 valence electrons. The Hall–Kier alpha value is -1.02. The van der Waals surface area contributed by atoms with E-state index in [1.807, 2.05) is 0 Å². The number of rotatable bonds is 11. The van der Waals surface area contributed by atoms with E-state index < -0.39 is 11.5 Å². The van der Waals surface area contributed by atoms with Gasteiger partial charge in [-0.05, 0) is 39.4 Å². The number of carboxylic acids is 1. The van der Waals surface area contributed by atoms with Crippen LogP contribution in [-0.4, -0.2) is 60.0 Å². The SMILES string of the molecule is C[C@](C(=O)O)(C(=O)CCN)N(CCCN)CCCN. The molecular formula is C12H26N4O3. The van der Waals surface area contributed by atoms with Gasteiger partial charge in [0, 0.05) is 19.5 Å². The number of ketones is 1. The third-order valence-corrected chi connectivity index (χ3v) is 3.23. The lowest BCUT2D eigenvalue weighted by molar-refractivity contribution is -0.156. The fourth-order valence-electron chi connectivity index (χ4n) is 1.93. The van der Waals surface area contributed by atoms with Crippen LogP contribution in [0, 0.1) is 0 Å². The van der Waals surface area contributed by atoms with Crippen molar-refractivity contribution in [3.8, 4) is 0 Å². The van der Waals surface area contributed by atoms with Gasteiger partial charge in [-0.25, -0.2) is 4.79 Å². The van der Waals surface area contributed by atoms with E-state index in [0.29, 0.717) is 39.0 Å². The van der Waals surface area contributed by atoms with Crippen molar-refractivity contribution in [2.75, 3.05) is 32.7 Å². The van der Waals surface area contributed by atoms with Crippen molar-refractivity contribution >= 4 is 11.8 Å². The molecule has 0 heterocycles. The summed E-state index contributed by atoms with van der Waals surface area (Å²) in [4.78, 5) is 25.3. The van der Waals surface area contributed by atoms with Crippen LogP contribution in [0.3, 0.4) is 0 Å². The quantitative estimate of drug-likeness (QED) is 0.345. The molecule has 7 N–H and O–H groups in total. The summed E-state index contributed by atoms with van der Waals surface area (Å²) in [6.45, 7) is 3.37. The van der Waals surface area contributed by atoms with Crippen molar-refractivity contribution in [3.05, 3.63) is 0 Å². The first-order valence-electron chi connectivity index (χ1n) is 6.57. The highest BCUT2D eigenvalue weighted by Crippen LogP contribution is 2.19. The van der Waals surface area contributed by atoms with Crippen LogP contribution in [0.4, 0.5) is 0 Å². The molecule has 19 heavy (non-hydrogen) atoms. The van der Waals surface area contributed by atoms with Crippen LogP contribution in [0.25, 0.3) is 0 Å². The van der Waals surface area contributed by atoms with E-state index in [4.69, 9.17) is 17.2 Å². The van der Waals surface area contributed by atoms with Gasteiger partial charge in [-0.1, -0.05) is 0 Å². The predicted molar refractivity (Wildman–Crippen MR) is 73.6 cm³/mol. The first-order chi connectivity index (χ1) is 8.94. The molecule has 7 nitrogen and oxygen atoms in total. The molecule has 0 unspecified atom stereocenters. The normalized spacial score (nSPS) is 14.4. The van der Waals surface area contributed by atoms with Crippen molar-refractivity contribution in [1.82, 2.24) is 4.90 Å². The molecule has 0 aromatic carbocycles. The van der Waals surface area contributed by atoms with Crippen molar-refractivity contribution in [2.45, 2.75) is 31.7 Å². The number of carbonyl (C=O) groups is 2. The van der Waals surface area contributed by atoms with Crippen molar-refractivity contribution in [2.24, 2.45) is 17.2 Å². The van der Waals surface area contributed by atoms with Crippen LogP contribution in [0.2, 0.25) is 0 Å². The third kappa shape index (κ3) is 4.87. The molecule has 0 amide bonds. The highest BCUT2D eigenvalue weighted by atomic mass is 16.4. The molecule has 0 spiro atoms. The largest absolute Gasteiger partial charge is 0.480 e. The van der Waals surface area contributed by atoms with Gasteiger partial charge in [-0.15, -0.1) is 0 Å². The summed E-state index contributed by atoms with van der Waals surface area (Å²) in [5.74, 6) is -1.53. The number of nitrogens with two attached hydrogens (primary N) is 3. The molecule has 0 radical (unpaired) electrons. The second-order valence-corrected chi connectivity index (χ2v) is 4.61. The highest BCUT2D eigenvalue weighted by molar-refractivity contribution is 6.07. The van der Waals surface area contributed by atoms with Gasteiger partial charge >= 0.3 is 5.97 Å². The molecule has 0 fully saturated rings. The van der Waals surface area contributed by atoms with Crippen LogP contribution in [0.5, 0.6) is 0 Å². The zero-order valence-corrected chi connectivity index (χ0v) is 11.6. The second kappa shape index (κ2) is 8.98. The van der Waals surface area contributed by atoms with Gasteiger partial charge in [0.2, 0.25) is 0 Å². The standard InChI is InChI=1S/C12H26N4O3/c1-12(11(18)19,10(17)4-7-15)16(8-2-5-13)9-3-6-14/h2-9,13-15H2,1H3,(H,18,19)/t12-/m1/s1. The Morgan fingerprint density at radius 3 is 1.84 bits per heavy atom. The van der Waals surface area contributed by atoms with Gasteiger partial charge in [0.05, 0.1) is 0 Å². The number of hydrogen-bond donors (Lipinski definition) is 4. The van der Waals surface area contributed by atoms with Gasteiger partial charge in [0.1, 0.15) is 0 Å². The van der Waals surface area contributed by atoms with Crippen molar-refractivity contribution in [3.63, 3.8) is 0 Å². The van der Waals surface area contributed by atoms with Crippen LogP contribution in [0.1, 0.15) is 26.2 Å². The molecule has 7 heteroatoms. The first kappa shape index (κ1) is 18.0. The highest BCUT2D eigenvalue weighted by Gasteiger charge is 2.45. The third-order valence-electron chi connectivity index (χ3n) is 3.23. The summed E-state index contributed by atoms with van der Waals surface area (Å²) >= 11 is 0. The Morgan fingerprint density at radius 2 is 1.53 bits per heavy atom. The van der Waals surface area contributed by atoms with E-state index in [1.54, 1.807) is 4.90 Å². The second-order valence-electron chi connectivity index (χ2n) is 4.61. The molecule has 0 aliphatic carbocycles. The maximum absolute atomic E-state index is 12.1. The lowest BCUT2D eigenvalue weighted by Gasteiger charge is -2.36. The minimum Gasteiger partial charge on any atom is -0.480 e. The minimum atomic E-state index is -1.55. The summed E-state index contributed by atoms with van der Waals surface area (Å²) in [5, 5.41) is 9.43. The number of aliphatic carboxylic acids is 1. The summed E-state index contributed by atoms with van der Waals surface area (Å²) in [6, 6.07) is 0. The minimum absolute atomic E-state index is 0.0462. The van der Waals surface area contributed by atoms with Crippen LogP contribution in [-0.2, 0) is 9.59 Å². The van der Waals surface area contributed by atoms with E-state index in [1.165, 1.54) is 6.92 Å². The van der Waals surface area contributed by atoms with Crippen molar-refractivity contribution in [1.29, 1.82) is 0 Å². The van der Waals surface area contributed by atoms with E-state index in [0.717, 1.165) is 0 Å². The molecular weight excluding hydrogens is 248 g/mol. The summed E-state index contributed by atoms with van der Waals surface area (Å²) in [5.41, 5.74) is 14.7. The number of hydrogen-bond acceptors (Lipinski definition) is 6. The first-order valence-corrected chi connectivity index (χ1v) is 6.57. The van der Waals surface area contributed by atoms with Crippen LogP contribution in [0.15, 0.2) is 0 Å². The molecule has 0 rings (SSSR count). The molecule has 0 aromatic rings. The number of carbonyl (C=O) groups excluding carboxylic acids is 1. The Balaban J connectivity index is 5.11. The van der Waals surface area contributed by atoms with E-state index in [2.05, 4.69) is 0 Å². The fourth-order valence-corrected chi connectivity index (χ4v) is 1.93. The molecule has 0 saturated heterocycles. The smallest absolute Gasteiger partial charge is 0.331 e. The van der Waals surface area contributed by atoms with Gasteiger partial charge < -0.3 is 22.3 Å². The topological polar surface area (TPSA) is 136 Å². The zero-order chi connectivity index (χ0) is 14.9. The molecule has 0 bridgehead atoms. The molecule has 0 aliphatic rings. The Bertz CT molecular complexity index is 291.